The number of phenols is 1. The van der Waals surface area contributed by atoms with Crippen molar-refractivity contribution in [2.45, 2.75) is 22.6 Å². The number of aromatic hydroxyl groups is 1. The molecule has 2 N–H and O–H groups in total. The van der Waals surface area contributed by atoms with Gasteiger partial charge in [0.1, 0.15) is 5.75 Å². The molecular weight excluding hydrogens is 492 g/mol. The van der Waals surface area contributed by atoms with E-state index in [2.05, 4.69) is 4.98 Å². The van der Waals surface area contributed by atoms with Crippen molar-refractivity contribution in [3.63, 3.8) is 0 Å². The second-order valence-corrected chi connectivity index (χ2v) is 12.2. The number of rotatable bonds is 2. The molecule has 2 bridgehead atoms. The third-order valence-corrected chi connectivity index (χ3v) is 10.9. The molecule has 4 aliphatic rings. The Morgan fingerprint density at radius 2 is 1.62 bits per heavy atom. The predicted octanol–water partition coefficient (Wildman–Crippen LogP) is 4.47. The van der Waals surface area contributed by atoms with Gasteiger partial charge < -0.3 is 10.1 Å². The highest BCUT2D eigenvalue weighted by molar-refractivity contribution is 8.00. The summed E-state index contributed by atoms with van der Waals surface area (Å²) in [6.07, 6.45) is 0.845. The summed E-state index contributed by atoms with van der Waals surface area (Å²) in [6.45, 7) is 0. The van der Waals surface area contributed by atoms with E-state index in [0.29, 0.717) is 10.7 Å². The summed E-state index contributed by atoms with van der Waals surface area (Å²) in [5.41, 5.74) is 1.60. The minimum absolute atomic E-state index is 0.0470. The van der Waals surface area contributed by atoms with Crippen LogP contribution in [0.15, 0.2) is 58.4 Å². The molecule has 2 saturated carbocycles. The lowest BCUT2D eigenvalue weighted by molar-refractivity contribution is -0.123. The lowest BCUT2D eigenvalue weighted by atomic mass is 9.68. The van der Waals surface area contributed by atoms with Gasteiger partial charge in [0, 0.05) is 21.1 Å². The van der Waals surface area contributed by atoms with E-state index in [9.17, 15) is 19.5 Å². The van der Waals surface area contributed by atoms with Gasteiger partial charge in [0.25, 0.3) is 0 Å². The molecule has 7 rings (SSSR count). The van der Waals surface area contributed by atoms with Gasteiger partial charge in [-0.25, -0.2) is 0 Å². The van der Waals surface area contributed by atoms with Gasteiger partial charge >= 0.3 is 4.87 Å². The topological polar surface area (TPSA) is 90.5 Å². The van der Waals surface area contributed by atoms with E-state index in [1.54, 1.807) is 48.2 Å². The molecule has 3 fully saturated rings. The number of hydrogen-bond acceptors (Lipinski definition) is 6. The zero-order valence-electron chi connectivity index (χ0n) is 17.7. The summed E-state index contributed by atoms with van der Waals surface area (Å²) >= 11 is 8.92. The highest BCUT2D eigenvalue weighted by Gasteiger charge is 2.69. The zero-order chi connectivity index (χ0) is 23.3. The number of aromatic amines is 1. The molecule has 0 spiro atoms. The lowest BCUT2D eigenvalue weighted by Gasteiger charge is -2.43. The normalized spacial score (nSPS) is 33.2. The van der Waals surface area contributed by atoms with E-state index in [0.717, 1.165) is 21.9 Å². The van der Waals surface area contributed by atoms with Crippen LogP contribution < -0.4 is 9.77 Å². The quantitative estimate of drug-likeness (QED) is 0.496. The molecule has 1 aromatic heterocycles. The molecule has 0 unspecified atom stereocenters. The Hall–Kier alpha value is -2.55. The van der Waals surface area contributed by atoms with Gasteiger partial charge in [0.05, 0.1) is 22.5 Å². The fraction of sp³-hybridized carbons (Fsp3) is 0.320. The summed E-state index contributed by atoms with van der Waals surface area (Å²) in [6, 6.07) is 14.0. The number of carbonyl (C=O) groups excluding carboxylic acids is 2. The Morgan fingerprint density at radius 3 is 2.32 bits per heavy atom. The van der Waals surface area contributed by atoms with Crippen molar-refractivity contribution >= 4 is 52.2 Å². The first kappa shape index (κ1) is 20.8. The van der Waals surface area contributed by atoms with E-state index in [1.165, 1.54) is 16.2 Å². The summed E-state index contributed by atoms with van der Waals surface area (Å²) in [5.74, 6) is -0.478. The van der Waals surface area contributed by atoms with E-state index in [-0.39, 0.29) is 63.2 Å². The largest absolute Gasteiger partial charge is 0.508 e. The Balaban J connectivity index is 1.32. The molecule has 6 nitrogen and oxygen atoms in total. The number of H-pyrrole nitrogens is 1. The molecule has 3 heterocycles. The number of halogens is 1. The minimum atomic E-state index is -0.341. The smallest absolute Gasteiger partial charge is 0.305 e. The molecule has 0 radical (unpaired) electrons. The van der Waals surface area contributed by atoms with Gasteiger partial charge in [-0.05, 0) is 66.1 Å². The van der Waals surface area contributed by atoms with Crippen molar-refractivity contribution < 1.29 is 14.7 Å². The average Bonchev–Trinajstić information content (AvgIpc) is 3.54. The molecule has 2 aromatic carbocycles. The average molecular weight is 511 g/mol. The van der Waals surface area contributed by atoms with E-state index < -0.39 is 0 Å². The van der Waals surface area contributed by atoms with Crippen LogP contribution in [0.1, 0.15) is 22.8 Å². The van der Waals surface area contributed by atoms with Crippen LogP contribution in [-0.2, 0) is 9.59 Å². The number of benzene rings is 2. The molecule has 172 valence electrons. The summed E-state index contributed by atoms with van der Waals surface area (Å²) < 4.78 is 0. The molecule has 3 aromatic rings. The van der Waals surface area contributed by atoms with Crippen LogP contribution in [0, 0.1) is 29.6 Å². The van der Waals surface area contributed by atoms with Gasteiger partial charge in [0.15, 0.2) is 0 Å². The van der Waals surface area contributed by atoms with Gasteiger partial charge in [-0.2, -0.15) is 0 Å². The Kier molecular flexibility index (Phi) is 4.42. The number of nitrogens with zero attached hydrogens (tertiary/aromatic N) is 1. The van der Waals surface area contributed by atoms with Gasteiger partial charge in [-0.15, -0.1) is 11.8 Å². The molecule has 2 amide bonds. The molecule has 9 heteroatoms. The number of thioether (sulfide) groups is 1. The van der Waals surface area contributed by atoms with Crippen molar-refractivity contribution in [3.05, 3.63) is 73.7 Å². The molecule has 1 saturated heterocycles. The first-order valence-corrected chi connectivity index (χ1v) is 13.3. The van der Waals surface area contributed by atoms with Gasteiger partial charge in [0.2, 0.25) is 11.8 Å². The first-order valence-electron chi connectivity index (χ1n) is 11.2. The molecule has 34 heavy (non-hydrogen) atoms. The number of anilines is 1. The van der Waals surface area contributed by atoms with E-state index in [1.807, 2.05) is 12.1 Å². The Bertz CT molecular complexity index is 1400. The SMILES string of the molecule is O=C1[C@@H]2[C@H]3C[C@@H]([C@@H]4Sc5[nH]c(=O)sc5[C@H](c5ccc(O)cc5)[C@@H]34)[C@H]2C(=O)N1c1ccc(Cl)cc1. The highest BCUT2D eigenvalue weighted by atomic mass is 35.5. The Morgan fingerprint density at radius 1 is 0.941 bits per heavy atom. The maximum absolute atomic E-state index is 13.7. The van der Waals surface area contributed by atoms with Crippen LogP contribution in [0.25, 0.3) is 0 Å². The van der Waals surface area contributed by atoms with Crippen molar-refractivity contribution in [2.24, 2.45) is 29.6 Å². The van der Waals surface area contributed by atoms with Crippen LogP contribution in [0.5, 0.6) is 5.75 Å². The number of thiazole rings is 1. The zero-order valence-corrected chi connectivity index (χ0v) is 20.1. The fourth-order valence-electron chi connectivity index (χ4n) is 6.92. The van der Waals surface area contributed by atoms with Crippen LogP contribution in [0.3, 0.4) is 0 Å². The van der Waals surface area contributed by atoms with Gasteiger partial charge in [-0.1, -0.05) is 35.1 Å². The maximum atomic E-state index is 13.7. The second kappa shape index (κ2) is 7.23. The Labute approximate surface area is 207 Å². The number of aromatic nitrogens is 1. The van der Waals surface area contributed by atoms with Crippen molar-refractivity contribution in [2.75, 3.05) is 4.90 Å². The van der Waals surface area contributed by atoms with Crippen LogP contribution in [0.4, 0.5) is 5.69 Å². The number of carbonyl (C=O) groups is 2. The standard InChI is InChI=1S/C25H19ClN2O4S2/c26-11-3-5-12(6-4-11)28-23(30)18-14-9-15(19(18)24(28)31)20-17(14)16(10-1-7-13(29)8-2-10)21-22(33-20)27-25(32)34-21/h1-8,14-20,29H,9H2,(H,27,32)/t14-,15+,16+,17+,18+,19+,20-/m0/s1. The lowest BCUT2D eigenvalue weighted by Crippen LogP contribution is -2.42. The second-order valence-electron chi connectivity index (χ2n) is 9.54. The minimum Gasteiger partial charge on any atom is -0.508 e. The number of amides is 2. The van der Waals surface area contributed by atoms with E-state index in [4.69, 9.17) is 11.6 Å². The fourth-order valence-corrected chi connectivity index (χ4v) is 9.93. The number of fused-ring (bicyclic) bond motifs is 9. The number of hydrogen-bond donors (Lipinski definition) is 2. The number of phenolic OH excluding ortho intramolecular Hbond substituents is 1. The van der Waals surface area contributed by atoms with Gasteiger partial charge in [-0.3, -0.25) is 19.3 Å². The first-order chi connectivity index (χ1) is 16.4. The number of nitrogens with one attached hydrogen (secondary N) is 1. The van der Waals surface area contributed by atoms with Crippen LogP contribution in [-0.4, -0.2) is 27.2 Å². The third-order valence-electron chi connectivity index (χ3n) is 8.06. The summed E-state index contributed by atoms with van der Waals surface area (Å²) in [5, 5.41) is 11.4. The summed E-state index contributed by atoms with van der Waals surface area (Å²) in [4.78, 5) is 44.8. The third kappa shape index (κ3) is 2.73. The van der Waals surface area contributed by atoms with Crippen molar-refractivity contribution in [1.82, 2.24) is 4.98 Å². The highest BCUT2D eigenvalue weighted by Crippen LogP contribution is 2.68. The van der Waals surface area contributed by atoms with Crippen molar-refractivity contribution in [1.29, 1.82) is 0 Å². The maximum Gasteiger partial charge on any atom is 0.305 e. The monoisotopic (exact) mass is 510 g/mol. The molecule has 7 atom stereocenters. The van der Waals surface area contributed by atoms with Crippen LogP contribution >= 0.6 is 34.7 Å². The molecular formula is C25H19ClN2O4S2. The molecule has 2 aliphatic heterocycles. The number of imide groups is 1. The summed E-state index contributed by atoms with van der Waals surface area (Å²) in [7, 11) is 0. The van der Waals surface area contributed by atoms with E-state index >= 15 is 0 Å². The van der Waals surface area contributed by atoms with Crippen molar-refractivity contribution in [3.8, 4) is 5.75 Å². The van der Waals surface area contributed by atoms with Crippen LogP contribution in [0.2, 0.25) is 5.02 Å². The molecule has 2 aliphatic carbocycles. The predicted molar refractivity (Wildman–Crippen MR) is 131 cm³/mol.